The highest BCUT2D eigenvalue weighted by molar-refractivity contribution is 5.79. The molecule has 1 atom stereocenters. The third kappa shape index (κ3) is 5.05. The van der Waals surface area contributed by atoms with Crippen LogP contribution in [0.5, 0.6) is 5.75 Å². The first-order valence-corrected chi connectivity index (χ1v) is 10.7. The molecule has 1 aliphatic heterocycles. The lowest BCUT2D eigenvalue weighted by Gasteiger charge is -2.35. The van der Waals surface area contributed by atoms with E-state index in [1.807, 2.05) is 43.5 Å². The molecule has 6 nitrogen and oxygen atoms in total. The van der Waals surface area contributed by atoms with Crippen LogP contribution in [0.15, 0.2) is 42.7 Å². The first kappa shape index (κ1) is 19.7. The Morgan fingerprint density at radius 2 is 1.90 bits per heavy atom. The highest BCUT2D eigenvalue weighted by Crippen LogP contribution is 2.26. The van der Waals surface area contributed by atoms with Gasteiger partial charge in [0.25, 0.3) is 0 Å². The van der Waals surface area contributed by atoms with Gasteiger partial charge in [0.15, 0.2) is 0 Å². The van der Waals surface area contributed by atoms with Gasteiger partial charge in [0.05, 0.1) is 17.7 Å². The van der Waals surface area contributed by atoms with Crippen molar-refractivity contribution in [2.24, 2.45) is 5.92 Å². The summed E-state index contributed by atoms with van der Waals surface area (Å²) in [6.45, 7) is 3.69. The smallest absolute Gasteiger partial charge is 0.225 e. The number of rotatable bonds is 5. The van der Waals surface area contributed by atoms with Crippen LogP contribution in [-0.4, -0.2) is 41.1 Å². The van der Waals surface area contributed by atoms with Crippen molar-refractivity contribution in [1.82, 2.24) is 15.3 Å². The van der Waals surface area contributed by atoms with Crippen LogP contribution in [0.3, 0.4) is 0 Å². The third-order valence-electron chi connectivity index (χ3n) is 6.04. The standard InChI is InChI=1S/C23H30N4O2/c1-17-21(7-4-14-24-17)29-20-11-9-19(10-12-20)26-23(28)18-6-5-15-27(16-18)22-8-2-3-13-25-22/h2-4,7-8,13-14,18-20H,5-6,9-12,15-16H2,1H3,(H,26,28). The van der Waals surface area contributed by atoms with Crippen molar-refractivity contribution in [3.05, 3.63) is 48.4 Å². The third-order valence-corrected chi connectivity index (χ3v) is 6.04. The molecular weight excluding hydrogens is 364 g/mol. The number of amides is 1. The predicted octanol–water partition coefficient (Wildman–Crippen LogP) is 3.51. The SMILES string of the molecule is Cc1ncccc1OC1CCC(NC(=O)C2CCCN(c3ccccn3)C2)CC1. The molecular formula is C23H30N4O2. The number of piperidine rings is 1. The zero-order chi connectivity index (χ0) is 20.1. The fourth-order valence-electron chi connectivity index (χ4n) is 4.36. The Bertz CT molecular complexity index is 806. The van der Waals surface area contributed by atoms with Gasteiger partial charge in [0.1, 0.15) is 11.6 Å². The molecule has 4 rings (SSSR count). The van der Waals surface area contributed by atoms with Gasteiger partial charge in [-0.25, -0.2) is 4.98 Å². The number of hydrogen-bond donors (Lipinski definition) is 1. The van der Waals surface area contributed by atoms with Crippen LogP contribution in [0, 0.1) is 12.8 Å². The molecule has 2 aromatic rings. The molecule has 3 heterocycles. The molecule has 0 bridgehead atoms. The Morgan fingerprint density at radius 1 is 1.07 bits per heavy atom. The van der Waals surface area contributed by atoms with Gasteiger partial charge >= 0.3 is 0 Å². The average Bonchev–Trinajstić information content (AvgIpc) is 2.77. The number of nitrogens with zero attached hydrogens (tertiary/aromatic N) is 3. The molecule has 6 heteroatoms. The van der Waals surface area contributed by atoms with Crippen LogP contribution < -0.4 is 15.0 Å². The van der Waals surface area contributed by atoms with Crippen molar-refractivity contribution in [2.45, 2.75) is 57.6 Å². The first-order valence-electron chi connectivity index (χ1n) is 10.7. The van der Waals surface area contributed by atoms with Crippen molar-refractivity contribution < 1.29 is 9.53 Å². The number of aryl methyl sites for hydroxylation is 1. The van der Waals surface area contributed by atoms with Crippen LogP contribution in [0.1, 0.15) is 44.2 Å². The van der Waals surface area contributed by atoms with Gasteiger partial charge in [0.2, 0.25) is 5.91 Å². The molecule has 29 heavy (non-hydrogen) atoms. The normalized spacial score (nSPS) is 24.7. The summed E-state index contributed by atoms with van der Waals surface area (Å²) in [6.07, 6.45) is 9.64. The molecule has 154 valence electrons. The van der Waals surface area contributed by atoms with Crippen LogP contribution in [0.4, 0.5) is 5.82 Å². The zero-order valence-electron chi connectivity index (χ0n) is 17.1. The maximum absolute atomic E-state index is 12.9. The lowest BCUT2D eigenvalue weighted by Crippen LogP contribution is -2.47. The minimum atomic E-state index is 0.0396. The minimum Gasteiger partial charge on any atom is -0.489 e. The molecule has 0 spiro atoms. The molecule has 1 N–H and O–H groups in total. The van der Waals surface area contributed by atoms with E-state index in [1.165, 1.54) is 0 Å². The largest absolute Gasteiger partial charge is 0.489 e. The highest BCUT2D eigenvalue weighted by atomic mass is 16.5. The van der Waals surface area contributed by atoms with E-state index in [9.17, 15) is 4.79 Å². The van der Waals surface area contributed by atoms with Crippen LogP contribution in [0.2, 0.25) is 0 Å². The first-order chi connectivity index (χ1) is 14.2. The summed E-state index contributed by atoms with van der Waals surface area (Å²) >= 11 is 0. The van der Waals surface area contributed by atoms with E-state index >= 15 is 0 Å². The summed E-state index contributed by atoms with van der Waals surface area (Å²) in [4.78, 5) is 23.8. The summed E-state index contributed by atoms with van der Waals surface area (Å²) < 4.78 is 6.13. The molecule has 1 unspecified atom stereocenters. The van der Waals surface area contributed by atoms with Crippen molar-refractivity contribution in [3.8, 4) is 5.75 Å². The fourth-order valence-corrected chi connectivity index (χ4v) is 4.36. The summed E-state index contributed by atoms with van der Waals surface area (Å²) in [6, 6.07) is 10.1. The Balaban J connectivity index is 1.25. The van der Waals surface area contributed by atoms with E-state index in [4.69, 9.17) is 4.74 Å². The zero-order valence-corrected chi connectivity index (χ0v) is 17.1. The number of anilines is 1. The van der Waals surface area contributed by atoms with Crippen LogP contribution in [-0.2, 0) is 4.79 Å². The number of carbonyl (C=O) groups is 1. The average molecular weight is 395 g/mol. The molecule has 1 amide bonds. The highest BCUT2D eigenvalue weighted by Gasteiger charge is 2.30. The maximum atomic E-state index is 12.9. The molecule has 2 fully saturated rings. The molecule has 1 saturated carbocycles. The van der Waals surface area contributed by atoms with E-state index in [0.29, 0.717) is 0 Å². The second-order valence-electron chi connectivity index (χ2n) is 8.16. The van der Waals surface area contributed by atoms with Crippen molar-refractivity contribution in [2.75, 3.05) is 18.0 Å². The van der Waals surface area contributed by atoms with E-state index in [2.05, 4.69) is 20.2 Å². The maximum Gasteiger partial charge on any atom is 0.225 e. The van der Waals surface area contributed by atoms with Gasteiger partial charge in [-0.1, -0.05) is 6.07 Å². The summed E-state index contributed by atoms with van der Waals surface area (Å²) in [5.74, 6) is 2.07. The Labute approximate surface area is 172 Å². The topological polar surface area (TPSA) is 67.3 Å². The van der Waals surface area contributed by atoms with Gasteiger partial charge in [-0.15, -0.1) is 0 Å². The fraction of sp³-hybridized carbons (Fsp3) is 0.522. The number of carbonyl (C=O) groups excluding carboxylic acids is 1. The van der Waals surface area contributed by atoms with Crippen molar-refractivity contribution in [3.63, 3.8) is 0 Å². The summed E-state index contributed by atoms with van der Waals surface area (Å²) in [5.41, 5.74) is 0.928. The monoisotopic (exact) mass is 394 g/mol. The van der Waals surface area contributed by atoms with Crippen molar-refractivity contribution in [1.29, 1.82) is 0 Å². The van der Waals surface area contributed by atoms with E-state index in [1.54, 1.807) is 6.20 Å². The number of nitrogens with one attached hydrogen (secondary N) is 1. The van der Waals surface area contributed by atoms with Crippen LogP contribution in [0.25, 0.3) is 0 Å². The number of pyridine rings is 2. The minimum absolute atomic E-state index is 0.0396. The second-order valence-corrected chi connectivity index (χ2v) is 8.16. The van der Waals surface area contributed by atoms with E-state index < -0.39 is 0 Å². The van der Waals surface area contributed by atoms with Gasteiger partial charge in [0, 0.05) is 31.5 Å². The van der Waals surface area contributed by atoms with Gasteiger partial charge in [-0.2, -0.15) is 0 Å². The van der Waals surface area contributed by atoms with Crippen LogP contribution >= 0.6 is 0 Å². The number of ether oxygens (including phenoxy) is 1. The molecule has 1 aliphatic carbocycles. The second kappa shape index (κ2) is 9.25. The molecule has 2 aromatic heterocycles. The quantitative estimate of drug-likeness (QED) is 0.841. The summed E-state index contributed by atoms with van der Waals surface area (Å²) in [5, 5.41) is 3.30. The Kier molecular flexibility index (Phi) is 6.27. The lowest BCUT2D eigenvalue weighted by molar-refractivity contribution is -0.126. The van der Waals surface area contributed by atoms with E-state index in [-0.39, 0.29) is 24.0 Å². The predicted molar refractivity (Wildman–Crippen MR) is 113 cm³/mol. The Morgan fingerprint density at radius 3 is 2.66 bits per heavy atom. The van der Waals surface area contributed by atoms with Crippen molar-refractivity contribution >= 4 is 11.7 Å². The summed E-state index contributed by atoms with van der Waals surface area (Å²) in [7, 11) is 0. The molecule has 2 aliphatic rings. The van der Waals surface area contributed by atoms with Gasteiger partial charge in [-0.05, 0) is 69.7 Å². The molecule has 1 saturated heterocycles. The van der Waals surface area contributed by atoms with E-state index in [0.717, 1.165) is 68.9 Å². The van der Waals surface area contributed by atoms with Gasteiger partial charge < -0.3 is 15.0 Å². The number of aromatic nitrogens is 2. The Hall–Kier alpha value is -2.63. The molecule has 0 radical (unpaired) electrons. The number of hydrogen-bond acceptors (Lipinski definition) is 5. The lowest BCUT2D eigenvalue weighted by atomic mass is 9.91. The van der Waals surface area contributed by atoms with Gasteiger partial charge in [-0.3, -0.25) is 9.78 Å². The molecule has 0 aromatic carbocycles.